The molecule has 1 aromatic carbocycles. The number of hydrogen-bond acceptors (Lipinski definition) is 4. The van der Waals surface area contributed by atoms with Crippen LogP contribution in [-0.4, -0.2) is 14.8 Å². The molecule has 0 aliphatic carbocycles. The smallest absolute Gasteiger partial charge is 0.173 e. The molecule has 0 radical (unpaired) electrons. The predicted molar refractivity (Wildman–Crippen MR) is 107 cm³/mol. The molecule has 0 amide bonds. The van der Waals surface area contributed by atoms with Crippen LogP contribution < -0.4 is 0 Å². The van der Waals surface area contributed by atoms with Crippen molar-refractivity contribution in [1.82, 2.24) is 14.8 Å². The average molecular weight is 468 g/mol. The summed E-state index contributed by atoms with van der Waals surface area (Å²) in [5.41, 5.74) is 5.22. The van der Waals surface area contributed by atoms with E-state index < -0.39 is 0 Å². The van der Waals surface area contributed by atoms with Crippen LogP contribution in [0.4, 0.5) is 0 Å². The van der Waals surface area contributed by atoms with Crippen molar-refractivity contribution in [1.29, 1.82) is 0 Å². The van der Waals surface area contributed by atoms with Gasteiger partial charge < -0.3 is 4.42 Å². The Balaban J connectivity index is 2.12. The van der Waals surface area contributed by atoms with Crippen molar-refractivity contribution in [2.24, 2.45) is 7.05 Å². The van der Waals surface area contributed by atoms with Gasteiger partial charge in [0.15, 0.2) is 10.7 Å². The van der Waals surface area contributed by atoms with E-state index in [4.69, 9.17) is 16.0 Å². The summed E-state index contributed by atoms with van der Waals surface area (Å²) in [6.07, 6.45) is 3.72. The van der Waals surface area contributed by atoms with Crippen LogP contribution in [0.15, 0.2) is 58.3 Å². The first kappa shape index (κ1) is 16.0. The maximum atomic E-state index is 6.56. The molecule has 4 rings (SSSR count). The van der Waals surface area contributed by atoms with Crippen molar-refractivity contribution in [3.8, 4) is 22.3 Å². The van der Waals surface area contributed by atoms with E-state index in [1.165, 1.54) is 8.93 Å². The maximum absolute atomic E-state index is 6.56. The van der Waals surface area contributed by atoms with Crippen molar-refractivity contribution >= 4 is 52.8 Å². The van der Waals surface area contributed by atoms with Crippen LogP contribution in [0.3, 0.4) is 0 Å². The minimum absolute atomic E-state index is 0.445. The van der Waals surface area contributed by atoms with Crippen LogP contribution in [-0.2, 0) is 7.05 Å². The molecule has 24 heavy (non-hydrogen) atoms. The number of aromatic nitrogens is 3. The first-order valence-electron chi connectivity index (χ1n) is 7.13. The Hall–Kier alpha value is -1.51. The molecule has 0 aliphatic rings. The third kappa shape index (κ3) is 2.72. The zero-order valence-electron chi connectivity index (χ0n) is 12.5. The number of aryl methyl sites for hydroxylation is 1. The highest BCUT2D eigenvalue weighted by molar-refractivity contribution is 14.2. The van der Waals surface area contributed by atoms with Gasteiger partial charge in [-0.25, -0.2) is 4.98 Å². The third-order valence-electron chi connectivity index (χ3n) is 3.72. The number of hydrogen-bond donors (Lipinski definition) is 0. The van der Waals surface area contributed by atoms with E-state index in [1.54, 1.807) is 10.9 Å². The lowest BCUT2D eigenvalue weighted by molar-refractivity contribution is 0.518. The molecule has 0 N–H and O–H groups in total. The predicted octanol–water partition coefficient (Wildman–Crippen LogP) is 5.99. The maximum Gasteiger partial charge on any atom is 0.173 e. The highest BCUT2D eigenvalue weighted by atomic mass is 127. The minimum atomic E-state index is 0.445. The lowest BCUT2D eigenvalue weighted by Gasteiger charge is -2.10. The second-order valence-corrected chi connectivity index (χ2v) is 7.51. The van der Waals surface area contributed by atoms with Gasteiger partial charge in [0.2, 0.25) is 0 Å². The van der Waals surface area contributed by atoms with E-state index in [9.17, 15) is 0 Å². The van der Waals surface area contributed by atoms with Crippen LogP contribution in [0.25, 0.3) is 33.4 Å². The molecular weight excluding hydrogens is 457 g/mol. The van der Waals surface area contributed by atoms with Crippen LogP contribution >= 0.6 is 41.7 Å². The summed E-state index contributed by atoms with van der Waals surface area (Å²) in [6, 6.07) is 12.0. The van der Waals surface area contributed by atoms with E-state index in [0.717, 1.165) is 38.4 Å². The molecule has 0 saturated carbocycles. The van der Waals surface area contributed by atoms with Crippen LogP contribution in [0, 0.1) is 0 Å². The first-order valence-corrected chi connectivity index (χ1v) is 10.9. The molecule has 0 fully saturated rings. The van der Waals surface area contributed by atoms with Gasteiger partial charge in [-0.2, -0.15) is 5.10 Å². The lowest BCUT2D eigenvalue weighted by atomic mass is 9.97. The highest BCUT2D eigenvalue weighted by Gasteiger charge is 2.21. The molecule has 4 nitrogen and oxygen atoms in total. The van der Waals surface area contributed by atoms with Gasteiger partial charge in [-0.05, 0) is 14.5 Å². The summed E-state index contributed by atoms with van der Waals surface area (Å²) in [7, 11) is 3.39. The molecule has 120 valence electrons. The fraction of sp³-hybridized carbons (Fsp3) is 0.0588. The third-order valence-corrected chi connectivity index (χ3v) is 5.65. The Morgan fingerprint density at radius 1 is 1.17 bits per heavy atom. The van der Waals surface area contributed by atoms with Crippen molar-refractivity contribution in [2.45, 2.75) is 5.09 Å². The molecule has 0 atom stereocenters. The van der Waals surface area contributed by atoms with Gasteiger partial charge in [-0.15, -0.1) is 0 Å². The van der Waals surface area contributed by atoms with Gasteiger partial charge in [0.1, 0.15) is 10.7 Å². The molecule has 0 saturated heterocycles. The Bertz CT molecular complexity index is 1030. The van der Waals surface area contributed by atoms with Gasteiger partial charge >= 0.3 is 0 Å². The van der Waals surface area contributed by atoms with E-state index in [1.807, 2.05) is 49.6 Å². The van der Waals surface area contributed by atoms with Crippen molar-refractivity contribution in [3.05, 3.63) is 53.9 Å². The molecule has 3 aromatic heterocycles. The number of fused-ring (bicyclic) bond motifs is 1. The number of halogens is 2. The van der Waals surface area contributed by atoms with E-state index in [0.29, 0.717) is 5.15 Å². The Labute approximate surface area is 159 Å². The molecule has 0 spiro atoms. The van der Waals surface area contributed by atoms with Crippen molar-refractivity contribution in [3.63, 3.8) is 0 Å². The second-order valence-electron chi connectivity index (χ2n) is 5.28. The van der Waals surface area contributed by atoms with Gasteiger partial charge in [-0.1, -0.05) is 41.9 Å². The normalized spacial score (nSPS) is 11.3. The number of nitrogens with zero attached hydrogens (tertiary/aromatic N) is 3. The summed E-state index contributed by atoms with van der Waals surface area (Å²) in [5.74, 6) is 0. The Morgan fingerprint density at radius 3 is 2.62 bits per heavy atom. The van der Waals surface area contributed by atoms with E-state index >= 15 is 0 Å². The molecule has 4 aromatic rings. The highest BCUT2D eigenvalue weighted by Crippen LogP contribution is 2.43. The SMILES string of the molecule is Cn1cc(-c2c(Cl)nc3cc(SI)oc3c2-c2ccccc2)cn1. The van der Waals surface area contributed by atoms with Gasteiger partial charge in [0, 0.05) is 57.2 Å². The fourth-order valence-corrected chi connectivity index (χ4v) is 3.95. The second kappa shape index (κ2) is 6.42. The van der Waals surface area contributed by atoms with E-state index in [-0.39, 0.29) is 0 Å². The Kier molecular flexibility index (Phi) is 4.28. The van der Waals surface area contributed by atoms with Crippen LogP contribution in [0.2, 0.25) is 5.15 Å². The monoisotopic (exact) mass is 467 g/mol. The largest absolute Gasteiger partial charge is 0.447 e. The number of benzene rings is 1. The molecule has 7 heteroatoms. The minimum Gasteiger partial charge on any atom is -0.447 e. The fourth-order valence-electron chi connectivity index (χ4n) is 2.73. The molecule has 3 heterocycles. The zero-order chi connectivity index (χ0) is 16.7. The first-order chi connectivity index (χ1) is 11.7. The average Bonchev–Trinajstić information content (AvgIpc) is 3.20. The Morgan fingerprint density at radius 2 is 1.96 bits per heavy atom. The standard InChI is InChI=1S/C17H11ClIN3OS/c1-22-9-11(8-20-22)15-14(10-5-3-2-4-6-10)16-12(21-17(15)18)7-13(23-16)24-19/h2-9H,1H3. The topological polar surface area (TPSA) is 43.9 Å². The van der Waals surface area contributed by atoms with Gasteiger partial charge in [0.05, 0.1) is 6.20 Å². The summed E-state index contributed by atoms with van der Waals surface area (Å²) in [6.45, 7) is 0. The van der Waals surface area contributed by atoms with Gasteiger partial charge in [0.25, 0.3) is 0 Å². The number of rotatable bonds is 3. The molecule has 0 aliphatic heterocycles. The van der Waals surface area contributed by atoms with Crippen molar-refractivity contribution in [2.75, 3.05) is 0 Å². The number of furan rings is 1. The van der Waals surface area contributed by atoms with Crippen LogP contribution in [0.1, 0.15) is 0 Å². The number of pyridine rings is 1. The zero-order valence-corrected chi connectivity index (χ0v) is 16.3. The quantitative estimate of drug-likeness (QED) is 0.274. The molecule has 0 bridgehead atoms. The summed E-state index contributed by atoms with van der Waals surface area (Å²) in [5, 5.41) is 5.51. The summed E-state index contributed by atoms with van der Waals surface area (Å²) < 4.78 is 7.78. The summed E-state index contributed by atoms with van der Waals surface area (Å²) >= 11 is 8.75. The van der Waals surface area contributed by atoms with Crippen molar-refractivity contribution < 1.29 is 4.42 Å². The van der Waals surface area contributed by atoms with Gasteiger partial charge in [-0.3, -0.25) is 4.68 Å². The lowest BCUT2D eigenvalue weighted by Crippen LogP contribution is -1.90. The molecular formula is C17H11ClIN3OS. The van der Waals surface area contributed by atoms with Crippen LogP contribution in [0.5, 0.6) is 0 Å². The van der Waals surface area contributed by atoms with E-state index in [2.05, 4.69) is 31.3 Å². The molecule has 0 unspecified atom stereocenters. The summed E-state index contributed by atoms with van der Waals surface area (Å²) in [4.78, 5) is 4.53.